The number of rotatable bonds is 6. The Hall–Kier alpha value is -1.15. The van der Waals surface area contributed by atoms with Gasteiger partial charge in [-0.25, -0.2) is 4.39 Å². The third-order valence-corrected chi connectivity index (χ3v) is 2.41. The van der Waals surface area contributed by atoms with Crippen molar-refractivity contribution in [3.05, 3.63) is 48.3 Å². The maximum atomic E-state index is 13.4. The highest BCUT2D eigenvalue weighted by Gasteiger charge is 2.08. The third kappa shape index (κ3) is 3.84. The van der Waals surface area contributed by atoms with E-state index in [0.29, 0.717) is 0 Å². The summed E-state index contributed by atoms with van der Waals surface area (Å²) in [5.74, 6) is -0.138. The van der Waals surface area contributed by atoms with Gasteiger partial charge in [-0.15, -0.1) is 6.58 Å². The molecule has 82 valence electrons. The molecule has 1 atom stereocenters. The first kappa shape index (κ1) is 11.9. The Morgan fingerprint density at radius 3 is 2.87 bits per heavy atom. The zero-order valence-corrected chi connectivity index (χ0v) is 9.17. The highest BCUT2D eigenvalue weighted by molar-refractivity contribution is 5.20. The van der Waals surface area contributed by atoms with Crippen LogP contribution in [0.3, 0.4) is 0 Å². The molecule has 0 aliphatic heterocycles. The molecule has 0 spiro atoms. The van der Waals surface area contributed by atoms with Crippen molar-refractivity contribution in [2.45, 2.75) is 25.8 Å². The average molecular weight is 207 g/mol. The summed E-state index contributed by atoms with van der Waals surface area (Å²) >= 11 is 0. The Morgan fingerprint density at radius 1 is 1.47 bits per heavy atom. The van der Waals surface area contributed by atoms with E-state index >= 15 is 0 Å². The lowest BCUT2D eigenvalue weighted by Gasteiger charge is -2.14. The van der Waals surface area contributed by atoms with Crippen molar-refractivity contribution < 1.29 is 4.39 Å². The summed E-state index contributed by atoms with van der Waals surface area (Å²) in [6.07, 6.45) is 3.94. The summed E-state index contributed by atoms with van der Waals surface area (Å²) in [4.78, 5) is 0. The lowest BCUT2D eigenvalue weighted by Crippen LogP contribution is -2.20. The molecule has 0 saturated heterocycles. The lowest BCUT2D eigenvalue weighted by atomic mass is 10.1. The van der Waals surface area contributed by atoms with Gasteiger partial charge >= 0.3 is 0 Å². The summed E-state index contributed by atoms with van der Waals surface area (Å²) in [6.45, 7) is 6.53. The normalized spacial score (nSPS) is 12.4. The zero-order chi connectivity index (χ0) is 11.1. The second-order valence-electron chi connectivity index (χ2n) is 3.63. The molecule has 1 N–H and O–H groups in total. The van der Waals surface area contributed by atoms with Crippen molar-refractivity contribution in [2.24, 2.45) is 0 Å². The molecule has 1 rings (SSSR count). The quantitative estimate of drug-likeness (QED) is 0.556. The molecule has 15 heavy (non-hydrogen) atoms. The van der Waals surface area contributed by atoms with Crippen LogP contribution in [0.4, 0.5) is 4.39 Å². The summed E-state index contributed by atoms with van der Waals surface area (Å²) in [7, 11) is 0. The van der Waals surface area contributed by atoms with Gasteiger partial charge in [0, 0.05) is 11.6 Å². The topological polar surface area (TPSA) is 12.0 Å². The van der Waals surface area contributed by atoms with Crippen LogP contribution >= 0.6 is 0 Å². The van der Waals surface area contributed by atoms with E-state index in [4.69, 9.17) is 0 Å². The summed E-state index contributed by atoms with van der Waals surface area (Å²) in [5, 5.41) is 3.29. The fourth-order valence-electron chi connectivity index (χ4n) is 1.50. The highest BCUT2D eigenvalue weighted by Crippen LogP contribution is 2.15. The fourth-order valence-corrected chi connectivity index (χ4v) is 1.50. The Morgan fingerprint density at radius 2 is 2.20 bits per heavy atom. The van der Waals surface area contributed by atoms with E-state index < -0.39 is 0 Å². The van der Waals surface area contributed by atoms with Gasteiger partial charge in [0.1, 0.15) is 5.82 Å². The predicted octanol–water partition coefficient (Wildman–Crippen LogP) is 3.44. The summed E-state index contributed by atoms with van der Waals surface area (Å²) < 4.78 is 13.4. The smallest absolute Gasteiger partial charge is 0.127 e. The van der Waals surface area contributed by atoms with Gasteiger partial charge in [-0.3, -0.25) is 0 Å². The number of hydrogen-bond acceptors (Lipinski definition) is 1. The molecule has 0 fully saturated rings. The molecule has 0 aliphatic carbocycles. The maximum absolute atomic E-state index is 13.4. The first-order valence-electron chi connectivity index (χ1n) is 5.34. The van der Waals surface area contributed by atoms with Gasteiger partial charge < -0.3 is 5.32 Å². The lowest BCUT2D eigenvalue weighted by molar-refractivity contribution is 0.522. The zero-order valence-electron chi connectivity index (χ0n) is 9.17. The monoisotopic (exact) mass is 207 g/mol. The Labute approximate surface area is 91.0 Å². The Balaban J connectivity index is 2.43. The van der Waals surface area contributed by atoms with Crippen LogP contribution in [0.15, 0.2) is 36.9 Å². The predicted molar refractivity (Wildman–Crippen MR) is 62.2 cm³/mol. The molecule has 0 heterocycles. The second-order valence-corrected chi connectivity index (χ2v) is 3.63. The molecule has 0 saturated carbocycles. The number of unbranched alkanes of at least 4 members (excludes halogenated alkanes) is 1. The van der Waals surface area contributed by atoms with Crippen molar-refractivity contribution in [3.8, 4) is 0 Å². The number of halogens is 1. The number of benzene rings is 1. The molecule has 1 aromatic rings. The summed E-state index contributed by atoms with van der Waals surface area (Å²) in [6, 6.07) is 6.96. The first-order valence-corrected chi connectivity index (χ1v) is 5.34. The van der Waals surface area contributed by atoms with Crippen molar-refractivity contribution in [3.63, 3.8) is 0 Å². The van der Waals surface area contributed by atoms with E-state index in [1.807, 2.05) is 25.1 Å². The number of allylic oxidation sites excluding steroid dienone is 1. The number of hydrogen-bond donors (Lipinski definition) is 1. The van der Waals surface area contributed by atoms with Crippen molar-refractivity contribution in [2.75, 3.05) is 6.54 Å². The molecule has 0 aliphatic rings. The van der Waals surface area contributed by atoms with Gasteiger partial charge in [0.05, 0.1) is 0 Å². The van der Waals surface area contributed by atoms with Crippen LogP contribution in [0, 0.1) is 5.82 Å². The minimum atomic E-state index is -0.138. The molecule has 0 aromatic heterocycles. The van der Waals surface area contributed by atoms with Crippen LogP contribution < -0.4 is 5.32 Å². The Bertz CT molecular complexity index is 309. The van der Waals surface area contributed by atoms with Gasteiger partial charge in [0.2, 0.25) is 0 Å². The molecule has 0 bridgehead atoms. The van der Waals surface area contributed by atoms with E-state index in [9.17, 15) is 4.39 Å². The first-order chi connectivity index (χ1) is 7.25. The molecule has 0 amide bonds. The minimum absolute atomic E-state index is 0.0658. The summed E-state index contributed by atoms with van der Waals surface area (Å²) in [5.41, 5.74) is 0.733. The van der Waals surface area contributed by atoms with Crippen LogP contribution in [0.1, 0.15) is 31.4 Å². The molecule has 0 unspecified atom stereocenters. The second kappa shape index (κ2) is 6.36. The van der Waals surface area contributed by atoms with Gasteiger partial charge in [-0.2, -0.15) is 0 Å². The van der Waals surface area contributed by atoms with Crippen LogP contribution in [0.5, 0.6) is 0 Å². The Kier molecular flexibility index (Phi) is 5.05. The number of nitrogens with one attached hydrogen (secondary N) is 1. The van der Waals surface area contributed by atoms with Gasteiger partial charge in [-0.05, 0) is 32.4 Å². The SMILES string of the molecule is C=CCCCN[C@H](C)c1ccccc1F. The fraction of sp³-hybridized carbons (Fsp3) is 0.385. The standard InChI is InChI=1S/C13H18FN/c1-3-4-7-10-15-11(2)12-8-5-6-9-13(12)14/h3,5-6,8-9,11,15H,1,4,7,10H2,2H3/t11-/m1/s1. The van der Waals surface area contributed by atoms with E-state index in [0.717, 1.165) is 24.9 Å². The molecule has 1 aromatic carbocycles. The largest absolute Gasteiger partial charge is 0.310 e. The van der Waals surface area contributed by atoms with Crippen LogP contribution in [0.2, 0.25) is 0 Å². The minimum Gasteiger partial charge on any atom is -0.310 e. The molecular weight excluding hydrogens is 189 g/mol. The molecule has 1 nitrogen and oxygen atoms in total. The van der Waals surface area contributed by atoms with Crippen LogP contribution in [-0.2, 0) is 0 Å². The van der Waals surface area contributed by atoms with E-state index in [1.54, 1.807) is 6.07 Å². The van der Waals surface area contributed by atoms with E-state index in [1.165, 1.54) is 6.07 Å². The van der Waals surface area contributed by atoms with Crippen molar-refractivity contribution in [1.82, 2.24) is 5.32 Å². The van der Waals surface area contributed by atoms with Gasteiger partial charge in [0.15, 0.2) is 0 Å². The maximum Gasteiger partial charge on any atom is 0.127 e. The van der Waals surface area contributed by atoms with Crippen LogP contribution in [0.25, 0.3) is 0 Å². The van der Waals surface area contributed by atoms with Gasteiger partial charge in [-0.1, -0.05) is 24.3 Å². The van der Waals surface area contributed by atoms with E-state index in [2.05, 4.69) is 11.9 Å². The molecule has 2 heteroatoms. The molecular formula is C13H18FN. The van der Waals surface area contributed by atoms with Gasteiger partial charge in [0.25, 0.3) is 0 Å². The average Bonchev–Trinajstić information content (AvgIpc) is 2.25. The van der Waals surface area contributed by atoms with Crippen molar-refractivity contribution >= 4 is 0 Å². The highest BCUT2D eigenvalue weighted by atomic mass is 19.1. The van der Waals surface area contributed by atoms with Crippen LogP contribution in [-0.4, -0.2) is 6.54 Å². The third-order valence-electron chi connectivity index (χ3n) is 2.41. The van der Waals surface area contributed by atoms with Crippen molar-refractivity contribution in [1.29, 1.82) is 0 Å². The van der Waals surface area contributed by atoms with E-state index in [-0.39, 0.29) is 11.9 Å². The molecule has 0 radical (unpaired) electrons.